The monoisotopic (exact) mass is 284 g/mol. The van der Waals surface area contributed by atoms with Crippen molar-refractivity contribution in [1.82, 2.24) is 4.98 Å². The predicted octanol–water partition coefficient (Wildman–Crippen LogP) is 3.97. The van der Waals surface area contributed by atoms with Gasteiger partial charge in [-0.05, 0) is 26.0 Å². The first-order chi connectivity index (χ1) is 9.06. The molecule has 3 nitrogen and oxygen atoms in total. The third-order valence-electron chi connectivity index (χ3n) is 2.61. The largest absolute Gasteiger partial charge is 0.433 e. The number of rotatable bonds is 5. The minimum Gasteiger partial charge on any atom is -0.433 e. The number of hydrogen-bond acceptors (Lipinski definition) is 4. The average Bonchev–Trinajstić information content (AvgIpc) is 2.67. The molecule has 0 aliphatic rings. The van der Waals surface area contributed by atoms with E-state index in [1.54, 1.807) is 29.5 Å². The first kappa shape index (κ1) is 13.7. The van der Waals surface area contributed by atoms with Gasteiger partial charge in [0.15, 0.2) is 0 Å². The summed E-state index contributed by atoms with van der Waals surface area (Å²) in [6.45, 7) is 1.61. The Morgan fingerprint density at radius 3 is 2.68 bits per heavy atom. The molecule has 0 fully saturated rings. The molecular formula is C13H14F2N2OS. The summed E-state index contributed by atoms with van der Waals surface area (Å²) in [7, 11) is 0. The third-order valence-corrected chi connectivity index (χ3v) is 3.68. The van der Waals surface area contributed by atoms with Crippen LogP contribution < -0.4 is 10.1 Å². The van der Waals surface area contributed by atoms with Crippen LogP contribution in [0.4, 0.5) is 14.5 Å². The number of anilines is 1. The number of nitrogens with one attached hydrogen (secondary N) is 1. The molecule has 1 aromatic heterocycles. The molecule has 102 valence electrons. The van der Waals surface area contributed by atoms with E-state index in [0.717, 1.165) is 15.6 Å². The molecule has 0 atom stereocenters. The van der Waals surface area contributed by atoms with Crippen LogP contribution in [0.15, 0.2) is 24.3 Å². The van der Waals surface area contributed by atoms with E-state index >= 15 is 0 Å². The van der Waals surface area contributed by atoms with Crippen LogP contribution in [0.2, 0.25) is 0 Å². The highest BCUT2D eigenvalue weighted by molar-refractivity contribution is 7.11. The third kappa shape index (κ3) is 3.64. The minimum absolute atomic E-state index is 0.141. The lowest BCUT2D eigenvalue weighted by Crippen LogP contribution is -2.06. The molecule has 1 heterocycles. The maximum atomic E-state index is 12.3. The zero-order valence-electron chi connectivity index (χ0n) is 10.6. The molecule has 2 rings (SSSR count). The summed E-state index contributed by atoms with van der Waals surface area (Å²) < 4.78 is 29.0. The molecule has 19 heavy (non-hydrogen) atoms. The Balaban J connectivity index is 2.06. The molecule has 0 amide bonds. The van der Waals surface area contributed by atoms with Gasteiger partial charge < -0.3 is 10.1 Å². The Kier molecular flexibility index (Phi) is 4.31. The van der Waals surface area contributed by atoms with Crippen molar-refractivity contribution in [2.75, 3.05) is 5.32 Å². The number of thiazole rings is 1. The van der Waals surface area contributed by atoms with E-state index in [2.05, 4.69) is 15.0 Å². The van der Waals surface area contributed by atoms with Crippen LogP contribution in [0.25, 0.3) is 0 Å². The van der Waals surface area contributed by atoms with Gasteiger partial charge >= 0.3 is 6.61 Å². The van der Waals surface area contributed by atoms with E-state index in [1.165, 1.54) is 6.07 Å². The second-order valence-electron chi connectivity index (χ2n) is 3.98. The average molecular weight is 284 g/mol. The van der Waals surface area contributed by atoms with Crippen molar-refractivity contribution >= 4 is 17.0 Å². The van der Waals surface area contributed by atoms with Gasteiger partial charge in [0.1, 0.15) is 10.8 Å². The van der Waals surface area contributed by atoms with Crippen molar-refractivity contribution in [3.05, 3.63) is 39.8 Å². The first-order valence-electron chi connectivity index (χ1n) is 5.77. The molecule has 2 aromatic rings. The number of aryl methyl sites for hydroxylation is 2. The Hall–Kier alpha value is -1.69. The van der Waals surface area contributed by atoms with Crippen LogP contribution in [-0.4, -0.2) is 11.6 Å². The Morgan fingerprint density at radius 1 is 1.32 bits per heavy atom. The topological polar surface area (TPSA) is 34.2 Å². The van der Waals surface area contributed by atoms with Crippen molar-refractivity contribution in [2.24, 2.45) is 0 Å². The Bertz CT molecular complexity index is 538. The van der Waals surface area contributed by atoms with Crippen molar-refractivity contribution in [3.8, 4) is 5.75 Å². The normalized spacial score (nSPS) is 10.8. The molecule has 1 N–H and O–H groups in total. The Labute approximate surface area is 114 Å². The molecule has 6 heteroatoms. The summed E-state index contributed by atoms with van der Waals surface area (Å²) in [5.74, 6) is 0.141. The molecule has 1 aromatic carbocycles. The van der Waals surface area contributed by atoms with E-state index in [-0.39, 0.29) is 5.75 Å². The summed E-state index contributed by atoms with van der Waals surface area (Å²) in [5, 5.41) is 3.98. The quantitative estimate of drug-likeness (QED) is 0.902. The van der Waals surface area contributed by atoms with Gasteiger partial charge in [0.2, 0.25) is 0 Å². The molecule has 0 saturated heterocycles. The van der Waals surface area contributed by atoms with Crippen LogP contribution in [0.5, 0.6) is 5.75 Å². The van der Waals surface area contributed by atoms with Gasteiger partial charge in [0.05, 0.1) is 17.9 Å². The molecule has 0 radical (unpaired) electrons. The van der Waals surface area contributed by atoms with Gasteiger partial charge in [-0.25, -0.2) is 4.98 Å². The number of para-hydroxylation sites is 2. The van der Waals surface area contributed by atoms with Crippen LogP contribution in [0, 0.1) is 13.8 Å². The number of benzene rings is 1. The number of ether oxygens (including phenoxy) is 1. The molecule has 0 aliphatic heterocycles. The second-order valence-corrected chi connectivity index (χ2v) is 5.27. The predicted molar refractivity (Wildman–Crippen MR) is 72.0 cm³/mol. The van der Waals surface area contributed by atoms with Gasteiger partial charge in [0.25, 0.3) is 0 Å². The lowest BCUT2D eigenvalue weighted by molar-refractivity contribution is -0.0493. The lowest BCUT2D eigenvalue weighted by Gasteiger charge is -2.11. The van der Waals surface area contributed by atoms with Crippen LogP contribution >= 0.6 is 11.3 Å². The van der Waals surface area contributed by atoms with E-state index in [4.69, 9.17) is 0 Å². The van der Waals surface area contributed by atoms with E-state index < -0.39 is 6.61 Å². The summed E-state index contributed by atoms with van der Waals surface area (Å²) in [5.41, 5.74) is 1.53. The van der Waals surface area contributed by atoms with Gasteiger partial charge in [-0.2, -0.15) is 8.78 Å². The number of nitrogens with zero attached hydrogens (tertiary/aromatic N) is 1. The van der Waals surface area contributed by atoms with Gasteiger partial charge in [0, 0.05) is 4.88 Å². The van der Waals surface area contributed by atoms with Crippen molar-refractivity contribution < 1.29 is 13.5 Å². The number of aromatic nitrogens is 1. The molecule has 0 saturated carbocycles. The van der Waals surface area contributed by atoms with Gasteiger partial charge in [-0.1, -0.05) is 12.1 Å². The fraction of sp³-hybridized carbons (Fsp3) is 0.308. The number of alkyl halides is 2. The zero-order chi connectivity index (χ0) is 13.8. The summed E-state index contributed by atoms with van der Waals surface area (Å²) in [4.78, 5) is 5.54. The summed E-state index contributed by atoms with van der Waals surface area (Å²) >= 11 is 1.59. The summed E-state index contributed by atoms with van der Waals surface area (Å²) in [6, 6.07) is 6.62. The van der Waals surface area contributed by atoms with E-state index in [1.807, 2.05) is 13.8 Å². The standard InChI is InChI=1S/C13H14F2N2OS/c1-8-9(2)19-12(17-8)7-16-10-5-3-4-6-11(10)18-13(14)15/h3-6,13,16H,7H2,1-2H3. The van der Waals surface area contributed by atoms with Crippen molar-refractivity contribution in [2.45, 2.75) is 27.0 Å². The minimum atomic E-state index is -2.83. The number of hydrogen-bond donors (Lipinski definition) is 1. The van der Waals surface area contributed by atoms with E-state index in [9.17, 15) is 8.78 Å². The first-order valence-corrected chi connectivity index (χ1v) is 6.58. The maximum Gasteiger partial charge on any atom is 0.387 e. The highest BCUT2D eigenvalue weighted by Crippen LogP contribution is 2.26. The molecule has 0 unspecified atom stereocenters. The Morgan fingerprint density at radius 2 is 2.05 bits per heavy atom. The fourth-order valence-corrected chi connectivity index (χ4v) is 2.47. The van der Waals surface area contributed by atoms with E-state index in [0.29, 0.717) is 12.2 Å². The maximum absolute atomic E-state index is 12.3. The van der Waals surface area contributed by atoms with Crippen molar-refractivity contribution in [1.29, 1.82) is 0 Å². The zero-order valence-corrected chi connectivity index (χ0v) is 11.4. The van der Waals surface area contributed by atoms with Gasteiger partial charge in [-0.3, -0.25) is 0 Å². The highest BCUT2D eigenvalue weighted by atomic mass is 32.1. The van der Waals surface area contributed by atoms with Crippen molar-refractivity contribution in [3.63, 3.8) is 0 Å². The molecular weight excluding hydrogens is 270 g/mol. The van der Waals surface area contributed by atoms with Gasteiger partial charge in [-0.15, -0.1) is 11.3 Å². The second kappa shape index (κ2) is 5.97. The number of halogens is 2. The molecule has 0 spiro atoms. The van der Waals surface area contributed by atoms with Crippen LogP contribution in [0.1, 0.15) is 15.6 Å². The van der Waals surface area contributed by atoms with Crippen LogP contribution in [0.3, 0.4) is 0 Å². The lowest BCUT2D eigenvalue weighted by atomic mass is 10.3. The smallest absolute Gasteiger partial charge is 0.387 e. The molecule has 0 bridgehead atoms. The van der Waals surface area contributed by atoms with Crippen LogP contribution in [-0.2, 0) is 6.54 Å². The highest BCUT2D eigenvalue weighted by Gasteiger charge is 2.09. The molecule has 0 aliphatic carbocycles. The SMILES string of the molecule is Cc1nc(CNc2ccccc2OC(F)F)sc1C. The summed E-state index contributed by atoms with van der Waals surface area (Å²) in [6.07, 6.45) is 0. The fourth-order valence-electron chi connectivity index (χ4n) is 1.60.